The Bertz CT molecular complexity index is 607. The number of halogens is 1. The van der Waals surface area contributed by atoms with Crippen LogP contribution in [0.25, 0.3) is 0 Å². The van der Waals surface area contributed by atoms with E-state index in [0.29, 0.717) is 0 Å². The summed E-state index contributed by atoms with van der Waals surface area (Å²) in [5, 5.41) is 10.4. The van der Waals surface area contributed by atoms with E-state index >= 15 is 0 Å². The largest absolute Gasteiger partial charge is 0.378 e. The summed E-state index contributed by atoms with van der Waals surface area (Å²) in [6.07, 6.45) is -0.622. The molecule has 1 saturated heterocycles. The van der Waals surface area contributed by atoms with Crippen molar-refractivity contribution in [3.8, 4) is 0 Å². The van der Waals surface area contributed by atoms with Gasteiger partial charge in [0.05, 0.1) is 6.04 Å². The zero-order chi connectivity index (χ0) is 16.2. The van der Waals surface area contributed by atoms with E-state index in [1.54, 1.807) is 0 Å². The average molecular weight is 330 g/mol. The van der Waals surface area contributed by atoms with Gasteiger partial charge in [0.2, 0.25) is 0 Å². The maximum absolute atomic E-state index is 9.65. The van der Waals surface area contributed by atoms with Gasteiger partial charge in [-0.1, -0.05) is 54.1 Å². The summed E-state index contributed by atoms with van der Waals surface area (Å²) in [5.41, 5.74) is 2.52. The maximum atomic E-state index is 9.65. The van der Waals surface area contributed by atoms with Crippen LogP contribution in [-0.2, 0) is 0 Å². The van der Waals surface area contributed by atoms with Crippen molar-refractivity contribution in [2.24, 2.45) is 0 Å². The highest BCUT2D eigenvalue weighted by Crippen LogP contribution is 2.30. The third kappa shape index (κ3) is 3.93. The van der Waals surface area contributed by atoms with Gasteiger partial charge in [-0.05, 0) is 30.2 Å². The van der Waals surface area contributed by atoms with Crippen molar-refractivity contribution in [2.75, 3.05) is 26.2 Å². The first-order valence-corrected chi connectivity index (χ1v) is 8.32. The van der Waals surface area contributed by atoms with Crippen LogP contribution in [0.15, 0.2) is 54.6 Å². The molecular weight excluding hydrogens is 308 g/mol. The van der Waals surface area contributed by atoms with Crippen molar-refractivity contribution in [2.45, 2.75) is 12.3 Å². The standard InChI is InChI=1S/C19H22ClN2O/c1-15(23)21-11-13-22(14-12-21)19(16-5-3-2-4-6-16)17-7-9-18(20)10-8-17/h2-10,15,19,23H,1,11-14H2/t15-,19?/m0/s1. The Balaban J connectivity index is 1.86. The summed E-state index contributed by atoms with van der Waals surface area (Å²) in [4.78, 5) is 4.46. The predicted molar refractivity (Wildman–Crippen MR) is 94.2 cm³/mol. The lowest BCUT2D eigenvalue weighted by molar-refractivity contribution is -0.00270. The van der Waals surface area contributed by atoms with Gasteiger partial charge in [0, 0.05) is 31.2 Å². The zero-order valence-corrected chi connectivity index (χ0v) is 13.9. The SMILES string of the molecule is [CH2][C@H](O)N1CCN(C(c2ccccc2)c2ccc(Cl)cc2)CC1. The Morgan fingerprint density at radius 2 is 1.35 bits per heavy atom. The molecule has 0 bridgehead atoms. The van der Waals surface area contributed by atoms with E-state index in [-0.39, 0.29) is 6.04 Å². The highest BCUT2D eigenvalue weighted by atomic mass is 35.5. The fourth-order valence-electron chi connectivity index (χ4n) is 3.19. The van der Waals surface area contributed by atoms with E-state index in [0.717, 1.165) is 31.2 Å². The molecule has 1 radical (unpaired) electrons. The van der Waals surface area contributed by atoms with Crippen LogP contribution in [0, 0.1) is 6.92 Å². The molecule has 1 fully saturated rings. The third-order valence-corrected chi connectivity index (χ3v) is 4.69. The number of rotatable bonds is 4. The number of hydrogen-bond donors (Lipinski definition) is 1. The average Bonchev–Trinajstić information content (AvgIpc) is 2.58. The van der Waals surface area contributed by atoms with Crippen LogP contribution in [0.4, 0.5) is 0 Å². The Hall–Kier alpha value is -1.39. The van der Waals surface area contributed by atoms with E-state index in [9.17, 15) is 5.11 Å². The summed E-state index contributed by atoms with van der Waals surface area (Å²) >= 11 is 6.05. The van der Waals surface area contributed by atoms with E-state index in [1.165, 1.54) is 11.1 Å². The fraction of sp³-hybridized carbons (Fsp3) is 0.316. The van der Waals surface area contributed by atoms with Gasteiger partial charge in [0.15, 0.2) is 0 Å². The van der Waals surface area contributed by atoms with Crippen LogP contribution in [-0.4, -0.2) is 47.3 Å². The van der Waals surface area contributed by atoms with Crippen LogP contribution < -0.4 is 0 Å². The highest BCUT2D eigenvalue weighted by molar-refractivity contribution is 6.30. The molecule has 1 aliphatic rings. The minimum atomic E-state index is -0.622. The highest BCUT2D eigenvalue weighted by Gasteiger charge is 2.27. The molecule has 2 aromatic rings. The van der Waals surface area contributed by atoms with Crippen LogP contribution >= 0.6 is 11.6 Å². The first-order chi connectivity index (χ1) is 11.1. The monoisotopic (exact) mass is 329 g/mol. The van der Waals surface area contributed by atoms with Gasteiger partial charge in [-0.2, -0.15) is 0 Å². The van der Waals surface area contributed by atoms with Crippen molar-refractivity contribution >= 4 is 11.6 Å². The molecule has 2 aromatic carbocycles. The van der Waals surface area contributed by atoms with Gasteiger partial charge in [0.1, 0.15) is 6.23 Å². The topological polar surface area (TPSA) is 26.7 Å². The van der Waals surface area contributed by atoms with Crippen LogP contribution in [0.3, 0.4) is 0 Å². The number of piperazine rings is 1. The summed E-state index contributed by atoms with van der Waals surface area (Å²) in [6, 6.07) is 18.8. The minimum Gasteiger partial charge on any atom is -0.378 e. The Labute approximate surface area is 143 Å². The predicted octanol–water partition coefficient (Wildman–Crippen LogP) is 3.20. The molecule has 0 aromatic heterocycles. The molecule has 1 heterocycles. The summed E-state index contributed by atoms with van der Waals surface area (Å²) in [5.74, 6) is 0. The molecule has 0 spiro atoms. The molecule has 3 nitrogen and oxygen atoms in total. The van der Waals surface area contributed by atoms with Gasteiger partial charge < -0.3 is 5.11 Å². The van der Waals surface area contributed by atoms with Crippen molar-refractivity contribution in [1.82, 2.24) is 9.80 Å². The smallest absolute Gasteiger partial charge is 0.107 e. The van der Waals surface area contributed by atoms with Crippen molar-refractivity contribution in [1.29, 1.82) is 0 Å². The number of aliphatic hydroxyl groups is 1. The minimum absolute atomic E-state index is 0.206. The lowest BCUT2D eigenvalue weighted by Gasteiger charge is -2.40. The molecule has 0 aliphatic carbocycles. The van der Waals surface area contributed by atoms with Crippen LogP contribution in [0.5, 0.6) is 0 Å². The summed E-state index contributed by atoms with van der Waals surface area (Å²) < 4.78 is 0. The maximum Gasteiger partial charge on any atom is 0.107 e. The molecule has 0 amide bonds. The fourth-order valence-corrected chi connectivity index (χ4v) is 3.31. The van der Waals surface area contributed by atoms with Crippen LogP contribution in [0.2, 0.25) is 5.02 Å². The molecule has 121 valence electrons. The lowest BCUT2D eigenvalue weighted by atomic mass is 9.96. The molecule has 3 rings (SSSR count). The first-order valence-electron chi connectivity index (χ1n) is 7.95. The van der Waals surface area contributed by atoms with E-state index < -0.39 is 6.23 Å². The molecule has 0 saturated carbocycles. The molecule has 1 aliphatic heterocycles. The molecule has 1 unspecified atom stereocenters. The zero-order valence-electron chi connectivity index (χ0n) is 13.1. The van der Waals surface area contributed by atoms with Gasteiger partial charge in [-0.3, -0.25) is 9.80 Å². The Morgan fingerprint density at radius 3 is 1.91 bits per heavy atom. The summed E-state index contributed by atoms with van der Waals surface area (Å²) in [7, 11) is 0. The molecule has 4 heteroatoms. The normalized spacial score (nSPS) is 19.4. The number of benzene rings is 2. The van der Waals surface area contributed by atoms with Gasteiger partial charge in [-0.25, -0.2) is 0 Å². The first kappa shape index (κ1) is 16.5. The van der Waals surface area contributed by atoms with Gasteiger partial charge in [0.25, 0.3) is 0 Å². The summed E-state index contributed by atoms with van der Waals surface area (Å²) in [6.45, 7) is 7.14. The molecule has 1 N–H and O–H groups in total. The van der Waals surface area contributed by atoms with Crippen molar-refractivity contribution in [3.63, 3.8) is 0 Å². The lowest BCUT2D eigenvalue weighted by Crippen LogP contribution is -2.50. The second-order valence-electron chi connectivity index (χ2n) is 5.92. The van der Waals surface area contributed by atoms with E-state index in [1.807, 2.05) is 23.1 Å². The van der Waals surface area contributed by atoms with Gasteiger partial charge >= 0.3 is 0 Å². The quantitative estimate of drug-likeness (QED) is 0.933. The van der Waals surface area contributed by atoms with Crippen LogP contribution in [0.1, 0.15) is 17.2 Å². The molecule has 23 heavy (non-hydrogen) atoms. The van der Waals surface area contributed by atoms with Crippen molar-refractivity contribution < 1.29 is 5.11 Å². The third-order valence-electron chi connectivity index (χ3n) is 4.44. The van der Waals surface area contributed by atoms with E-state index in [4.69, 9.17) is 11.6 Å². The number of aliphatic hydroxyl groups excluding tert-OH is 1. The second-order valence-corrected chi connectivity index (χ2v) is 6.35. The second kappa shape index (κ2) is 7.45. The molecule has 2 atom stereocenters. The van der Waals surface area contributed by atoms with E-state index in [2.05, 4.69) is 48.2 Å². The molecular formula is C19H22ClN2O. The Morgan fingerprint density at radius 1 is 0.826 bits per heavy atom. The Kier molecular flexibility index (Phi) is 5.34. The van der Waals surface area contributed by atoms with Gasteiger partial charge in [-0.15, -0.1) is 0 Å². The number of nitrogens with zero attached hydrogens (tertiary/aromatic N) is 2. The van der Waals surface area contributed by atoms with Crippen molar-refractivity contribution in [3.05, 3.63) is 77.7 Å². The number of hydrogen-bond acceptors (Lipinski definition) is 3.